The second-order valence-corrected chi connectivity index (χ2v) is 6.60. The van der Waals surface area contributed by atoms with Crippen LogP contribution in [0.4, 0.5) is 0 Å². The maximum absolute atomic E-state index is 12.5. The summed E-state index contributed by atoms with van der Waals surface area (Å²) in [6, 6.07) is 14.4. The van der Waals surface area contributed by atoms with Gasteiger partial charge in [0, 0.05) is 0 Å². The monoisotopic (exact) mass is 368 g/mol. The van der Waals surface area contributed by atoms with E-state index >= 15 is 0 Å². The minimum absolute atomic E-state index is 0.173. The lowest BCUT2D eigenvalue weighted by Crippen LogP contribution is -2.14. The number of rotatable bonds is 10. The molecule has 2 aromatic carbocycles. The quantitative estimate of drug-likeness (QED) is 0.412. The summed E-state index contributed by atoms with van der Waals surface area (Å²) in [5.74, 6) is -0.998. The van der Waals surface area contributed by atoms with Gasteiger partial charge >= 0.3 is 11.9 Å². The topological polar surface area (TPSA) is 52.6 Å². The fourth-order valence-corrected chi connectivity index (χ4v) is 2.78. The van der Waals surface area contributed by atoms with E-state index in [4.69, 9.17) is 9.47 Å². The van der Waals surface area contributed by atoms with Gasteiger partial charge in [-0.15, -0.1) is 0 Å². The largest absolute Gasteiger partial charge is 0.462 e. The number of carbonyl (C=O) groups excluding carboxylic acids is 2. The Hall–Kier alpha value is -2.62. The van der Waals surface area contributed by atoms with Crippen LogP contribution in [0.1, 0.15) is 70.9 Å². The first-order valence-electron chi connectivity index (χ1n) is 9.61. The molecule has 27 heavy (non-hydrogen) atoms. The fraction of sp³-hybridized carbons (Fsp3) is 0.391. The number of ether oxygens (including phenoxy) is 2. The number of benzene rings is 2. The number of hydrogen-bond donors (Lipinski definition) is 0. The summed E-state index contributed by atoms with van der Waals surface area (Å²) in [5.41, 5.74) is 2.49. The average Bonchev–Trinajstić information content (AvgIpc) is 2.69. The van der Waals surface area contributed by atoms with Crippen LogP contribution in [0.25, 0.3) is 0 Å². The minimum Gasteiger partial charge on any atom is -0.462 e. The number of hydrogen-bond acceptors (Lipinski definition) is 4. The molecule has 0 aliphatic rings. The lowest BCUT2D eigenvalue weighted by Gasteiger charge is -2.11. The molecule has 0 bridgehead atoms. The van der Waals surface area contributed by atoms with Crippen molar-refractivity contribution in [3.05, 3.63) is 70.8 Å². The summed E-state index contributed by atoms with van der Waals surface area (Å²) in [7, 11) is 0. The van der Waals surface area contributed by atoms with Crippen molar-refractivity contribution in [3.63, 3.8) is 0 Å². The summed E-state index contributed by atoms with van der Waals surface area (Å²) < 4.78 is 10.7. The maximum Gasteiger partial charge on any atom is 0.339 e. The molecule has 0 atom stereocenters. The molecule has 0 saturated carbocycles. The van der Waals surface area contributed by atoms with Crippen molar-refractivity contribution in [2.24, 2.45) is 0 Å². The Morgan fingerprint density at radius 2 is 1.37 bits per heavy atom. The molecule has 2 aromatic rings. The van der Waals surface area contributed by atoms with Gasteiger partial charge in [-0.3, -0.25) is 0 Å². The van der Waals surface area contributed by atoms with Gasteiger partial charge in [-0.25, -0.2) is 9.59 Å². The van der Waals surface area contributed by atoms with Gasteiger partial charge in [0.05, 0.1) is 17.7 Å². The zero-order valence-corrected chi connectivity index (χ0v) is 16.2. The third-order valence-corrected chi connectivity index (χ3v) is 4.47. The molecule has 0 saturated heterocycles. The highest BCUT2D eigenvalue weighted by Crippen LogP contribution is 2.15. The lowest BCUT2D eigenvalue weighted by atomic mass is 10.1. The highest BCUT2D eigenvalue weighted by Gasteiger charge is 2.19. The summed E-state index contributed by atoms with van der Waals surface area (Å²) in [5, 5.41) is 0. The van der Waals surface area contributed by atoms with E-state index < -0.39 is 11.9 Å². The first-order chi connectivity index (χ1) is 13.1. The molecule has 0 amide bonds. The fourth-order valence-electron chi connectivity index (χ4n) is 2.78. The molecule has 4 heteroatoms. The molecule has 0 spiro atoms. The van der Waals surface area contributed by atoms with Crippen LogP contribution in [-0.2, 0) is 16.1 Å². The number of aryl methyl sites for hydroxylation is 1. The molecule has 0 N–H and O–H groups in total. The molecule has 144 valence electrons. The van der Waals surface area contributed by atoms with E-state index in [2.05, 4.69) is 6.92 Å². The Kier molecular flexibility index (Phi) is 8.56. The Morgan fingerprint density at radius 1 is 0.778 bits per heavy atom. The van der Waals surface area contributed by atoms with E-state index in [1.807, 2.05) is 31.2 Å². The second-order valence-electron chi connectivity index (χ2n) is 6.60. The summed E-state index contributed by atoms with van der Waals surface area (Å²) in [6.07, 6.45) is 5.41. The van der Waals surface area contributed by atoms with Gasteiger partial charge in [0.25, 0.3) is 0 Å². The highest BCUT2D eigenvalue weighted by molar-refractivity contribution is 6.03. The molecule has 0 fully saturated rings. The normalized spacial score (nSPS) is 10.4. The smallest absolute Gasteiger partial charge is 0.339 e. The summed E-state index contributed by atoms with van der Waals surface area (Å²) in [6.45, 7) is 4.67. The number of unbranched alkanes of at least 4 members (excludes halogenated alkanes) is 4. The molecule has 0 radical (unpaired) electrons. The van der Waals surface area contributed by atoms with E-state index in [1.54, 1.807) is 24.3 Å². The Balaban J connectivity index is 1.92. The molecule has 0 aromatic heterocycles. The van der Waals surface area contributed by atoms with E-state index in [-0.39, 0.29) is 17.7 Å². The zero-order valence-electron chi connectivity index (χ0n) is 16.2. The van der Waals surface area contributed by atoms with Crippen molar-refractivity contribution < 1.29 is 19.1 Å². The predicted octanol–water partition coefficient (Wildman–Crippen LogP) is 5.48. The standard InChI is InChI=1S/C23H28O4/c1-3-4-5-6-11-16-26-22(24)20-14-9-10-15-21(20)23(25)27-17-19-13-8-7-12-18(19)2/h7-10,12-15H,3-6,11,16-17H2,1-2H3. The highest BCUT2D eigenvalue weighted by atomic mass is 16.5. The van der Waals surface area contributed by atoms with Crippen LogP contribution in [0.15, 0.2) is 48.5 Å². The third-order valence-electron chi connectivity index (χ3n) is 4.47. The minimum atomic E-state index is -0.520. The van der Waals surface area contributed by atoms with Crippen molar-refractivity contribution in [1.82, 2.24) is 0 Å². The zero-order chi connectivity index (χ0) is 19.5. The van der Waals surface area contributed by atoms with Crippen molar-refractivity contribution in [2.45, 2.75) is 52.6 Å². The van der Waals surface area contributed by atoms with E-state index in [0.717, 1.165) is 30.4 Å². The van der Waals surface area contributed by atoms with E-state index in [9.17, 15) is 9.59 Å². The Morgan fingerprint density at radius 3 is 2.04 bits per heavy atom. The first-order valence-corrected chi connectivity index (χ1v) is 9.61. The van der Waals surface area contributed by atoms with Crippen LogP contribution in [0.3, 0.4) is 0 Å². The molecule has 0 aliphatic carbocycles. The van der Waals surface area contributed by atoms with Crippen LogP contribution < -0.4 is 0 Å². The van der Waals surface area contributed by atoms with Crippen molar-refractivity contribution >= 4 is 11.9 Å². The number of carbonyl (C=O) groups is 2. The van der Waals surface area contributed by atoms with Gasteiger partial charge < -0.3 is 9.47 Å². The Labute approximate surface area is 161 Å². The molecule has 0 heterocycles. The van der Waals surface area contributed by atoms with Crippen molar-refractivity contribution in [1.29, 1.82) is 0 Å². The molecule has 0 unspecified atom stereocenters. The van der Waals surface area contributed by atoms with Crippen LogP contribution in [0, 0.1) is 6.92 Å². The van der Waals surface area contributed by atoms with Crippen molar-refractivity contribution in [2.75, 3.05) is 6.61 Å². The molecule has 0 aliphatic heterocycles. The van der Waals surface area contributed by atoms with Crippen LogP contribution in [-0.4, -0.2) is 18.5 Å². The van der Waals surface area contributed by atoms with Crippen LogP contribution in [0.2, 0.25) is 0 Å². The maximum atomic E-state index is 12.5. The molecule has 2 rings (SSSR count). The number of esters is 2. The summed E-state index contributed by atoms with van der Waals surface area (Å²) in [4.78, 5) is 24.8. The van der Waals surface area contributed by atoms with E-state index in [0.29, 0.717) is 6.61 Å². The van der Waals surface area contributed by atoms with Gasteiger partial charge in [-0.05, 0) is 36.6 Å². The Bertz CT molecular complexity index is 752. The predicted molar refractivity (Wildman–Crippen MR) is 106 cm³/mol. The average molecular weight is 368 g/mol. The van der Waals surface area contributed by atoms with Gasteiger partial charge in [0.1, 0.15) is 6.61 Å². The third kappa shape index (κ3) is 6.55. The van der Waals surface area contributed by atoms with Gasteiger partial charge in [-0.1, -0.05) is 69.0 Å². The van der Waals surface area contributed by atoms with Gasteiger partial charge in [-0.2, -0.15) is 0 Å². The van der Waals surface area contributed by atoms with Crippen LogP contribution >= 0.6 is 0 Å². The van der Waals surface area contributed by atoms with Gasteiger partial charge in [0.2, 0.25) is 0 Å². The lowest BCUT2D eigenvalue weighted by molar-refractivity contribution is 0.0436. The molecular weight excluding hydrogens is 340 g/mol. The second kappa shape index (κ2) is 11.2. The molecular formula is C23H28O4. The summed E-state index contributed by atoms with van der Waals surface area (Å²) >= 11 is 0. The van der Waals surface area contributed by atoms with E-state index in [1.165, 1.54) is 12.8 Å². The molecule has 4 nitrogen and oxygen atoms in total. The van der Waals surface area contributed by atoms with Crippen LogP contribution in [0.5, 0.6) is 0 Å². The van der Waals surface area contributed by atoms with Crippen molar-refractivity contribution in [3.8, 4) is 0 Å². The first kappa shape index (κ1) is 20.7. The SMILES string of the molecule is CCCCCCCOC(=O)c1ccccc1C(=O)OCc1ccccc1C. The van der Waals surface area contributed by atoms with Gasteiger partial charge in [0.15, 0.2) is 0 Å².